The fourth-order valence-electron chi connectivity index (χ4n) is 3.30. The topological polar surface area (TPSA) is 108 Å². The van der Waals surface area contributed by atoms with Gasteiger partial charge in [-0.25, -0.2) is 0 Å². The minimum atomic E-state index is -1.28. The first-order chi connectivity index (χ1) is 14.0. The molecule has 0 bridgehead atoms. The Hall–Kier alpha value is -3.19. The average Bonchev–Trinajstić information content (AvgIpc) is 2.71. The van der Waals surface area contributed by atoms with Crippen molar-refractivity contribution in [2.24, 2.45) is 17.6 Å². The number of carbonyl (C=O) groups excluding carboxylic acids is 3. The molecule has 1 aliphatic heterocycles. The van der Waals surface area contributed by atoms with Gasteiger partial charge in [0.25, 0.3) is 0 Å². The number of benzene rings is 2. The average molecular weight is 396 g/mol. The minimum Gasteiger partial charge on any atom is -0.460 e. The van der Waals surface area contributed by atoms with E-state index >= 15 is 0 Å². The Labute approximate surface area is 169 Å². The van der Waals surface area contributed by atoms with Gasteiger partial charge in [-0.3, -0.25) is 14.4 Å². The van der Waals surface area contributed by atoms with Crippen LogP contribution in [-0.2, 0) is 37.1 Å². The van der Waals surface area contributed by atoms with Crippen molar-refractivity contribution in [2.75, 3.05) is 0 Å². The van der Waals surface area contributed by atoms with Crippen LogP contribution >= 0.6 is 0 Å². The Balaban J connectivity index is 1.71. The predicted octanol–water partition coefficient (Wildman–Crippen LogP) is 1.55. The van der Waals surface area contributed by atoms with Crippen LogP contribution in [0.2, 0.25) is 0 Å². The summed E-state index contributed by atoms with van der Waals surface area (Å²) >= 11 is 0. The lowest BCUT2D eigenvalue weighted by Gasteiger charge is -2.41. The lowest BCUT2D eigenvalue weighted by Crippen LogP contribution is -2.68. The Bertz CT molecular complexity index is 799. The van der Waals surface area contributed by atoms with Crippen molar-refractivity contribution in [3.05, 3.63) is 71.8 Å². The van der Waals surface area contributed by atoms with E-state index in [1.807, 2.05) is 60.7 Å². The number of β-lactam (4-membered cyclic amide) rings is 1. The van der Waals surface area contributed by atoms with Gasteiger partial charge in [-0.2, -0.15) is 0 Å². The Kier molecular flexibility index (Phi) is 6.61. The van der Waals surface area contributed by atoms with Gasteiger partial charge < -0.3 is 20.5 Å². The van der Waals surface area contributed by atoms with Crippen LogP contribution in [-0.4, -0.2) is 29.9 Å². The first-order valence-electron chi connectivity index (χ1n) is 9.44. The van der Waals surface area contributed by atoms with Crippen molar-refractivity contribution in [1.29, 1.82) is 0 Å². The molecule has 1 amide bonds. The maximum absolute atomic E-state index is 12.8. The summed E-state index contributed by atoms with van der Waals surface area (Å²) in [6.07, 6.45) is 0. The molecule has 2 aromatic rings. The van der Waals surface area contributed by atoms with Crippen LogP contribution < -0.4 is 11.1 Å². The first-order valence-corrected chi connectivity index (χ1v) is 9.44. The zero-order valence-electron chi connectivity index (χ0n) is 16.1. The number of nitrogens with two attached hydrogens (primary N) is 1. The summed E-state index contributed by atoms with van der Waals surface area (Å²) in [4.78, 5) is 37.4. The second kappa shape index (κ2) is 9.34. The number of amides is 1. The number of ether oxygens (including phenoxy) is 2. The molecule has 1 heterocycles. The van der Waals surface area contributed by atoms with Crippen molar-refractivity contribution in [3.8, 4) is 0 Å². The summed E-state index contributed by atoms with van der Waals surface area (Å²) in [5.41, 5.74) is 7.46. The SMILES string of the molecule is CC(N)[C@H]1C(=O)N[C@@H]1C(C(=O)OCc1ccccc1)C(=O)OCc1ccccc1. The number of nitrogens with one attached hydrogen (secondary N) is 1. The zero-order chi connectivity index (χ0) is 20.8. The number of hydrogen-bond acceptors (Lipinski definition) is 6. The summed E-state index contributed by atoms with van der Waals surface area (Å²) in [5.74, 6) is -3.73. The maximum atomic E-state index is 12.8. The molecule has 3 atom stereocenters. The highest BCUT2D eigenvalue weighted by atomic mass is 16.6. The van der Waals surface area contributed by atoms with Gasteiger partial charge in [0, 0.05) is 6.04 Å². The van der Waals surface area contributed by atoms with Crippen molar-refractivity contribution >= 4 is 17.8 Å². The lowest BCUT2D eigenvalue weighted by atomic mass is 9.77. The molecule has 3 N–H and O–H groups in total. The second-order valence-corrected chi connectivity index (χ2v) is 7.08. The van der Waals surface area contributed by atoms with Gasteiger partial charge in [0.2, 0.25) is 5.91 Å². The minimum absolute atomic E-state index is 0.0195. The molecule has 3 rings (SSSR count). The van der Waals surface area contributed by atoms with E-state index in [0.717, 1.165) is 11.1 Å². The first kappa shape index (κ1) is 20.5. The molecule has 7 heteroatoms. The summed E-state index contributed by atoms with van der Waals surface area (Å²) in [6.45, 7) is 1.70. The van der Waals surface area contributed by atoms with Crippen LogP contribution in [0.4, 0.5) is 0 Å². The van der Waals surface area contributed by atoms with Crippen LogP contribution in [0.15, 0.2) is 60.7 Å². The Morgan fingerprint density at radius 1 is 0.931 bits per heavy atom. The van der Waals surface area contributed by atoms with Gasteiger partial charge in [-0.15, -0.1) is 0 Å². The number of carbonyl (C=O) groups is 3. The molecule has 29 heavy (non-hydrogen) atoms. The highest BCUT2D eigenvalue weighted by Gasteiger charge is 2.52. The van der Waals surface area contributed by atoms with Crippen LogP contribution in [0.1, 0.15) is 18.1 Å². The van der Waals surface area contributed by atoms with Gasteiger partial charge in [-0.05, 0) is 18.1 Å². The summed E-state index contributed by atoms with van der Waals surface area (Å²) < 4.78 is 10.7. The normalized spacial score (nSPS) is 19.1. The van der Waals surface area contributed by atoms with E-state index in [-0.39, 0.29) is 19.1 Å². The molecule has 0 saturated carbocycles. The zero-order valence-corrected chi connectivity index (χ0v) is 16.1. The molecule has 0 aliphatic carbocycles. The third-order valence-corrected chi connectivity index (χ3v) is 4.88. The molecule has 1 unspecified atom stereocenters. The quantitative estimate of drug-likeness (QED) is 0.398. The Morgan fingerprint density at radius 3 is 1.76 bits per heavy atom. The van der Waals surface area contributed by atoms with Gasteiger partial charge in [0.1, 0.15) is 13.2 Å². The molecular formula is C22H24N2O5. The second-order valence-electron chi connectivity index (χ2n) is 7.08. The smallest absolute Gasteiger partial charge is 0.322 e. The summed E-state index contributed by atoms with van der Waals surface area (Å²) in [6, 6.07) is 17.0. The molecule has 1 saturated heterocycles. The van der Waals surface area contributed by atoms with Crippen LogP contribution in [0.25, 0.3) is 0 Å². The van der Waals surface area contributed by atoms with E-state index < -0.39 is 35.9 Å². The van der Waals surface area contributed by atoms with Crippen molar-refractivity contribution in [3.63, 3.8) is 0 Å². The highest BCUT2D eigenvalue weighted by Crippen LogP contribution is 2.27. The molecular weight excluding hydrogens is 372 g/mol. The monoisotopic (exact) mass is 396 g/mol. The van der Waals surface area contributed by atoms with E-state index in [0.29, 0.717) is 0 Å². The maximum Gasteiger partial charge on any atom is 0.322 e. The van der Waals surface area contributed by atoms with Gasteiger partial charge in [0.15, 0.2) is 5.92 Å². The predicted molar refractivity (Wildman–Crippen MR) is 105 cm³/mol. The molecule has 1 fully saturated rings. The fourth-order valence-corrected chi connectivity index (χ4v) is 3.30. The molecule has 1 aliphatic rings. The van der Waals surface area contributed by atoms with Crippen LogP contribution in [0.5, 0.6) is 0 Å². The number of hydrogen-bond donors (Lipinski definition) is 2. The van der Waals surface area contributed by atoms with Crippen molar-refractivity contribution in [2.45, 2.75) is 32.2 Å². The standard InChI is InChI=1S/C22H24N2O5/c1-14(23)17-19(24-20(17)25)18(21(26)28-12-15-8-4-2-5-9-15)22(27)29-13-16-10-6-3-7-11-16/h2-11,14,17-19H,12-13,23H2,1H3,(H,24,25)/t14?,17-,19+/m1/s1. The summed E-state index contributed by atoms with van der Waals surface area (Å²) in [5, 5.41) is 2.61. The summed E-state index contributed by atoms with van der Waals surface area (Å²) in [7, 11) is 0. The lowest BCUT2D eigenvalue weighted by molar-refractivity contribution is -0.169. The van der Waals surface area contributed by atoms with E-state index in [2.05, 4.69) is 5.32 Å². The van der Waals surface area contributed by atoms with E-state index in [1.54, 1.807) is 6.92 Å². The molecule has 0 radical (unpaired) electrons. The van der Waals surface area contributed by atoms with E-state index in [4.69, 9.17) is 15.2 Å². The van der Waals surface area contributed by atoms with Gasteiger partial charge >= 0.3 is 11.9 Å². The van der Waals surface area contributed by atoms with Crippen LogP contribution in [0.3, 0.4) is 0 Å². The molecule has 7 nitrogen and oxygen atoms in total. The number of rotatable bonds is 8. The third-order valence-electron chi connectivity index (χ3n) is 4.88. The molecule has 0 aromatic heterocycles. The molecule has 152 valence electrons. The fraction of sp³-hybridized carbons (Fsp3) is 0.318. The third kappa shape index (κ3) is 5.00. The van der Waals surface area contributed by atoms with Crippen molar-refractivity contribution in [1.82, 2.24) is 5.32 Å². The van der Waals surface area contributed by atoms with Crippen molar-refractivity contribution < 1.29 is 23.9 Å². The molecule has 0 spiro atoms. The van der Waals surface area contributed by atoms with Gasteiger partial charge in [0.05, 0.1) is 12.0 Å². The van der Waals surface area contributed by atoms with Crippen LogP contribution in [0, 0.1) is 11.8 Å². The van der Waals surface area contributed by atoms with E-state index in [9.17, 15) is 14.4 Å². The van der Waals surface area contributed by atoms with E-state index in [1.165, 1.54) is 0 Å². The van der Waals surface area contributed by atoms with Gasteiger partial charge in [-0.1, -0.05) is 60.7 Å². The highest BCUT2D eigenvalue weighted by molar-refractivity contribution is 5.99. The number of esters is 2. The Morgan fingerprint density at radius 2 is 1.38 bits per heavy atom. The molecule has 2 aromatic carbocycles. The largest absolute Gasteiger partial charge is 0.460 e.